The summed E-state index contributed by atoms with van der Waals surface area (Å²) in [5.41, 5.74) is 5.73. The van der Waals surface area contributed by atoms with E-state index in [4.69, 9.17) is 0 Å². The van der Waals surface area contributed by atoms with Crippen LogP contribution in [0, 0.1) is 5.82 Å². The lowest BCUT2D eigenvalue weighted by Gasteiger charge is -2.30. The molecule has 0 unspecified atom stereocenters. The average molecular weight is 376 g/mol. The Kier molecular flexibility index (Phi) is 4.69. The number of aromatic nitrogens is 2. The second kappa shape index (κ2) is 7.31. The first kappa shape index (κ1) is 18.0. The van der Waals surface area contributed by atoms with Crippen LogP contribution in [0.3, 0.4) is 0 Å². The van der Waals surface area contributed by atoms with Crippen molar-refractivity contribution < 1.29 is 9.18 Å². The number of rotatable bonds is 4. The third-order valence-corrected chi connectivity index (χ3v) is 4.98. The molecule has 1 aromatic heterocycles. The molecule has 0 spiro atoms. The van der Waals surface area contributed by atoms with Gasteiger partial charge in [0.25, 0.3) is 0 Å². The first-order chi connectivity index (χ1) is 13.5. The molecule has 28 heavy (non-hydrogen) atoms. The van der Waals surface area contributed by atoms with E-state index >= 15 is 0 Å². The Morgan fingerprint density at radius 2 is 2.04 bits per heavy atom. The van der Waals surface area contributed by atoms with E-state index in [0.29, 0.717) is 13.1 Å². The van der Waals surface area contributed by atoms with Crippen molar-refractivity contribution in [3.8, 4) is 11.3 Å². The molecule has 2 heterocycles. The van der Waals surface area contributed by atoms with Crippen molar-refractivity contribution in [2.75, 3.05) is 11.9 Å². The van der Waals surface area contributed by atoms with Gasteiger partial charge in [-0.2, -0.15) is 0 Å². The second-order valence-electron chi connectivity index (χ2n) is 6.90. The van der Waals surface area contributed by atoms with Gasteiger partial charge in [-0.15, -0.1) is 0 Å². The van der Waals surface area contributed by atoms with Crippen LogP contribution in [0.1, 0.15) is 11.1 Å². The predicted molar refractivity (Wildman–Crippen MR) is 108 cm³/mol. The maximum atomic E-state index is 13.3. The van der Waals surface area contributed by atoms with Crippen molar-refractivity contribution in [2.24, 2.45) is 7.05 Å². The van der Waals surface area contributed by atoms with Crippen LogP contribution in [-0.4, -0.2) is 26.9 Å². The van der Waals surface area contributed by atoms with E-state index in [1.165, 1.54) is 23.8 Å². The minimum absolute atomic E-state index is 0.0745. The van der Waals surface area contributed by atoms with E-state index in [0.717, 1.165) is 34.6 Å². The average Bonchev–Trinajstić information content (AvgIpc) is 3.14. The highest BCUT2D eigenvalue weighted by molar-refractivity contribution is 5.88. The van der Waals surface area contributed by atoms with Crippen molar-refractivity contribution in [1.82, 2.24) is 14.5 Å². The van der Waals surface area contributed by atoms with Gasteiger partial charge in [-0.25, -0.2) is 9.37 Å². The monoisotopic (exact) mass is 376 g/mol. The number of hydrogen-bond acceptors (Lipinski definition) is 3. The van der Waals surface area contributed by atoms with Crippen LogP contribution >= 0.6 is 0 Å². The van der Waals surface area contributed by atoms with Crippen molar-refractivity contribution in [3.63, 3.8) is 0 Å². The molecule has 1 amide bonds. The van der Waals surface area contributed by atoms with Crippen molar-refractivity contribution in [2.45, 2.75) is 13.0 Å². The van der Waals surface area contributed by atoms with E-state index in [2.05, 4.69) is 22.9 Å². The lowest BCUT2D eigenvalue weighted by atomic mass is 9.91. The number of amides is 1. The Morgan fingerprint density at radius 3 is 2.71 bits per heavy atom. The number of benzene rings is 2. The number of aryl methyl sites for hydroxylation is 1. The zero-order chi connectivity index (χ0) is 19.7. The summed E-state index contributed by atoms with van der Waals surface area (Å²) in [4.78, 5) is 18.5. The first-order valence-corrected chi connectivity index (χ1v) is 9.12. The molecule has 142 valence electrons. The third-order valence-electron chi connectivity index (χ3n) is 4.98. The van der Waals surface area contributed by atoms with Crippen LogP contribution in [-0.2, 0) is 24.8 Å². The molecule has 1 aliphatic rings. The zero-order valence-corrected chi connectivity index (χ0v) is 15.7. The molecule has 0 fully saturated rings. The van der Waals surface area contributed by atoms with Crippen molar-refractivity contribution >= 4 is 17.3 Å². The Balaban J connectivity index is 1.81. The van der Waals surface area contributed by atoms with Crippen LogP contribution in [0.25, 0.3) is 11.3 Å². The number of nitrogens with zero attached hydrogens (tertiary/aromatic N) is 3. The fourth-order valence-corrected chi connectivity index (χ4v) is 3.58. The number of carbonyl (C=O) groups is 1. The molecule has 2 aromatic carbocycles. The largest absolute Gasteiger partial charge is 0.355 e. The predicted octanol–water partition coefficient (Wildman–Crippen LogP) is 4.04. The molecule has 4 rings (SSSR count). The van der Waals surface area contributed by atoms with Crippen LogP contribution in [0.4, 0.5) is 15.8 Å². The molecule has 1 N–H and O–H groups in total. The zero-order valence-electron chi connectivity index (χ0n) is 15.7. The fraction of sp³-hybridized carbons (Fsp3) is 0.182. The van der Waals surface area contributed by atoms with E-state index in [9.17, 15) is 9.18 Å². The van der Waals surface area contributed by atoms with Crippen molar-refractivity contribution in [3.05, 3.63) is 78.5 Å². The summed E-state index contributed by atoms with van der Waals surface area (Å²) in [6.45, 7) is 4.78. The Hall–Kier alpha value is -3.41. The quantitative estimate of drug-likeness (QED) is 0.699. The minimum Gasteiger partial charge on any atom is -0.355 e. The molecule has 0 atom stereocenters. The summed E-state index contributed by atoms with van der Waals surface area (Å²) in [5, 5.41) is 3.38. The maximum absolute atomic E-state index is 13.3. The van der Waals surface area contributed by atoms with E-state index in [1.807, 2.05) is 23.9 Å². The first-order valence-electron chi connectivity index (χ1n) is 9.12. The normalized spacial score (nSPS) is 13.1. The highest BCUT2D eigenvalue weighted by Crippen LogP contribution is 2.37. The number of anilines is 2. The topological polar surface area (TPSA) is 50.2 Å². The van der Waals surface area contributed by atoms with Crippen LogP contribution in [0.15, 0.2) is 61.6 Å². The number of hydrogen-bond donors (Lipinski definition) is 1. The smallest absolute Gasteiger partial charge is 0.246 e. The minimum atomic E-state index is -0.278. The summed E-state index contributed by atoms with van der Waals surface area (Å²) in [7, 11) is 1.92. The van der Waals surface area contributed by atoms with Gasteiger partial charge in [0.15, 0.2) is 0 Å². The Bertz CT molecular complexity index is 1040. The molecule has 3 aromatic rings. The lowest BCUT2D eigenvalue weighted by Crippen LogP contribution is -2.35. The molecule has 0 aliphatic carbocycles. The summed E-state index contributed by atoms with van der Waals surface area (Å²) in [6, 6.07) is 10.4. The number of imidazole rings is 1. The number of nitrogens with one attached hydrogen (secondary N) is 1. The maximum Gasteiger partial charge on any atom is 0.246 e. The number of fused-ring (bicyclic) bond motifs is 1. The van der Waals surface area contributed by atoms with Gasteiger partial charge >= 0.3 is 0 Å². The number of carbonyl (C=O) groups excluding carboxylic acids is 1. The van der Waals surface area contributed by atoms with E-state index in [-0.39, 0.29) is 11.7 Å². The third kappa shape index (κ3) is 3.41. The summed E-state index contributed by atoms with van der Waals surface area (Å²) >= 11 is 0. The van der Waals surface area contributed by atoms with Gasteiger partial charge < -0.3 is 14.8 Å². The molecular formula is C22H21FN4O. The van der Waals surface area contributed by atoms with Crippen molar-refractivity contribution in [1.29, 1.82) is 0 Å². The molecule has 6 heteroatoms. The highest BCUT2D eigenvalue weighted by atomic mass is 19.1. The molecular weight excluding hydrogens is 355 g/mol. The lowest BCUT2D eigenvalue weighted by molar-refractivity contribution is -0.126. The SMILES string of the molecule is C=CC(=O)N1CCc2ccc(Nc3ccc(F)cc3)c(-c3cn(C)cn3)c2C1. The Labute approximate surface area is 163 Å². The summed E-state index contributed by atoms with van der Waals surface area (Å²) in [6.07, 6.45) is 5.85. The second-order valence-corrected chi connectivity index (χ2v) is 6.90. The molecule has 1 aliphatic heterocycles. The van der Waals surface area contributed by atoms with Crippen LogP contribution in [0.2, 0.25) is 0 Å². The molecule has 0 saturated carbocycles. The standard InChI is InChI=1S/C22H21FN4O/c1-3-21(28)27-11-10-15-4-9-19(25-17-7-5-16(23)6-8-17)22(18(15)12-27)20-13-26(2)14-24-20/h3-9,13-14,25H,1,10-12H2,2H3. The Morgan fingerprint density at radius 1 is 1.25 bits per heavy atom. The summed E-state index contributed by atoms with van der Waals surface area (Å²) < 4.78 is 15.2. The molecule has 5 nitrogen and oxygen atoms in total. The van der Waals surface area contributed by atoms with Gasteiger partial charge in [-0.1, -0.05) is 12.6 Å². The van der Waals surface area contributed by atoms with Gasteiger partial charge in [0.2, 0.25) is 5.91 Å². The van der Waals surface area contributed by atoms with Crippen LogP contribution < -0.4 is 5.32 Å². The van der Waals surface area contributed by atoms with E-state index in [1.54, 1.807) is 23.4 Å². The van der Waals surface area contributed by atoms with Gasteiger partial charge in [-0.3, -0.25) is 4.79 Å². The van der Waals surface area contributed by atoms with Gasteiger partial charge in [0, 0.05) is 43.3 Å². The molecule has 0 radical (unpaired) electrons. The van der Waals surface area contributed by atoms with E-state index < -0.39 is 0 Å². The van der Waals surface area contributed by atoms with Gasteiger partial charge in [0.1, 0.15) is 5.82 Å². The summed E-state index contributed by atoms with van der Waals surface area (Å²) in [5.74, 6) is -0.353. The van der Waals surface area contributed by atoms with Gasteiger partial charge in [0.05, 0.1) is 12.0 Å². The molecule has 0 saturated heterocycles. The highest BCUT2D eigenvalue weighted by Gasteiger charge is 2.24. The number of halogens is 1. The fourth-order valence-electron chi connectivity index (χ4n) is 3.58. The molecule has 0 bridgehead atoms. The van der Waals surface area contributed by atoms with Crippen LogP contribution in [0.5, 0.6) is 0 Å². The van der Waals surface area contributed by atoms with Gasteiger partial charge in [-0.05, 0) is 54.0 Å².